The Morgan fingerprint density at radius 2 is 1.71 bits per heavy atom. The minimum atomic E-state index is -0.855. The van der Waals surface area contributed by atoms with E-state index in [1.54, 1.807) is 18.1 Å². The van der Waals surface area contributed by atoms with Crippen molar-refractivity contribution in [1.82, 2.24) is 15.2 Å². The van der Waals surface area contributed by atoms with Crippen LogP contribution in [0.15, 0.2) is 79.0 Å². The molecule has 1 atom stereocenters. The number of nitrogens with one attached hydrogen (secondary N) is 2. The third-order valence-electron chi connectivity index (χ3n) is 5.81. The first-order valence-corrected chi connectivity index (χ1v) is 10.5. The van der Waals surface area contributed by atoms with Gasteiger partial charge in [-0.2, -0.15) is 0 Å². The molecule has 1 aliphatic heterocycles. The fourth-order valence-corrected chi connectivity index (χ4v) is 4.25. The topological polar surface area (TPSA) is 74.3 Å². The number of anilines is 2. The van der Waals surface area contributed by atoms with Crippen molar-refractivity contribution in [2.75, 3.05) is 25.5 Å². The molecular weight excluding hydrogens is 388 g/mol. The highest BCUT2D eigenvalue weighted by atomic mass is 16.2. The second-order valence-electron chi connectivity index (χ2n) is 7.74. The highest BCUT2D eigenvalue weighted by Gasteiger charge is 2.45. The predicted octanol–water partition coefficient (Wildman–Crippen LogP) is 3.75. The molecule has 31 heavy (non-hydrogen) atoms. The van der Waals surface area contributed by atoms with Gasteiger partial charge in [-0.1, -0.05) is 36.4 Å². The molecule has 0 bridgehead atoms. The molecule has 3 aromatic rings. The number of benzene rings is 2. The normalized spacial score (nSPS) is 18.3. The quantitative estimate of drug-likeness (QED) is 0.667. The van der Waals surface area contributed by atoms with E-state index in [4.69, 9.17) is 0 Å². The van der Waals surface area contributed by atoms with E-state index < -0.39 is 5.41 Å². The van der Waals surface area contributed by atoms with Gasteiger partial charge in [0, 0.05) is 32.0 Å². The number of rotatable bonds is 5. The molecule has 0 spiro atoms. The molecule has 0 radical (unpaired) electrons. The van der Waals surface area contributed by atoms with E-state index in [-0.39, 0.29) is 11.8 Å². The number of carbonyl (C=O) groups is 2. The minimum absolute atomic E-state index is 0.0945. The minimum Gasteiger partial charge on any atom is -0.358 e. The van der Waals surface area contributed by atoms with Gasteiger partial charge in [-0.3, -0.25) is 14.6 Å². The third kappa shape index (κ3) is 4.14. The van der Waals surface area contributed by atoms with Crippen LogP contribution < -0.4 is 10.6 Å². The van der Waals surface area contributed by atoms with Crippen LogP contribution >= 0.6 is 0 Å². The van der Waals surface area contributed by atoms with Gasteiger partial charge in [0.1, 0.15) is 5.41 Å². The summed E-state index contributed by atoms with van der Waals surface area (Å²) in [6, 6.07) is 22.8. The molecule has 4 rings (SSSR count). The molecule has 1 aliphatic rings. The summed E-state index contributed by atoms with van der Waals surface area (Å²) in [5.74, 6) is -0.206. The first-order valence-electron chi connectivity index (χ1n) is 10.5. The van der Waals surface area contributed by atoms with Gasteiger partial charge < -0.3 is 15.5 Å². The molecular formula is C25H26N4O2. The van der Waals surface area contributed by atoms with Crippen molar-refractivity contribution in [2.24, 2.45) is 0 Å². The number of likely N-dealkylation sites (N-methyl/N-ethyl adjacent to an activating group) is 1. The second-order valence-corrected chi connectivity index (χ2v) is 7.74. The molecule has 2 heterocycles. The Balaban J connectivity index is 1.64. The van der Waals surface area contributed by atoms with Crippen molar-refractivity contribution >= 4 is 23.2 Å². The number of aromatic nitrogens is 1. The van der Waals surface area contributed by atoms with E-state index in [2.05, 4.69) is 15.6 Å². The fraction of sp³-hybridized carbons (Fsp3) is 0.240. The number of pyridine rings is 1. The lowest BCUT2D eigenvalue weighted by Crippen LogP contribution is -2.56. The van der Waals surface area contributed by atoms with E-state index in [9.17, 15) is 9.59 Å². The molecule has 2 amide bonds. The highest BCUT2D eigenvalue weighted by molar-refractivity contribution is 6.01. The average Bonchev–Trinajstić information content (AvgIpc) is 2.84. The molecule has 158 valence electrons. The van der Waals surface area contributed by atoms with Gasteiger partial charge in [0.25, 0.3) is 5.91 Å². The molecule has 2 N–H and O–H groups in total. The van der Waals surface area contributed by atoms with Crippen LogP contribution in [0.4, 0.5) is 11.4 Å². The first kappa shape index (κ1) is 20.6. The van der Waals surface area contributed by atoms with Gasteiger partial charge in [-0.15, -0.1) is 0 Å². The van der Waals surface area contributed by atoms with E-state index in [1.165, 1.54) is 0 Å². The largest absolute Gasteiger partial charge is 0.358 e. The second kappa shape index (κ2) is 9.00. The average molecular weight is 415 g/mol. The van der Waals surface area contributed by atoms with Crippen molar-refractivity contribution < 1.29 is 9.59 Å². The lowest BCUT2D eigenvalue weighted by atomic mass is 9.75. The number of carbonyl (C=O) groups excluding carboxylic acids is 2. The third-order valence-corrected chi connectivity index (χ3v) is 5.81. The van der Waals surface area contributed by atoms with E-state index in [1.807, 2.05) is 72.8 Å². The SMILES string of the molecule is CNC(=O)[C@@]1(c2ccccn2)CCCN(C(=O)c2ccccc2Nc2ccccc2)C1. The molecule has 0 saturated carbocycles. The smallest absolute Gasteiger partial charge is 0.256 e. The zero-order chi connectivity index (χ0) is 21.7. The highest BCUT2D eigenvalue weighted by Crippen LogP contribution is 2.34. The maximum absolute atomic E-state index is 13.6. The molecule has 1 saturated heterocycles. The van der Waals surface area contributed by atoms with Crippen LogP contribution in [0.25, 0.3) is 0 Å². The van der Waals surface area contributed by atoms with Crippen LogP contribution in [0.5, 0.6) is 0 Å². The van der Waals surface area contributed by atoms with Gasteiger partial charge in [0.2, 0.25) is 5.91 Å². The first-order chi connectivity index (χ1) is 15.1. The standard InChI is InChI=1S/C25H26N4O2/c1-26-24(31)25(22-14-7-8-16-27-22)15-9-17-29(18-25)23(30)20-12-5-6-13-21(20)28-19-10-3-2-4-11-19/h2-8,10-14,16,28H,9,15,17-18H2,1H3,(H,26,31)/t25-/m0/s1. The Morgan fingerprint density at radius 1 is 0.968 bits per heavy atom. The zero-order valence-electron chi connectivity index (χ0n) is 17.5. The Kier molecular flexibility index (Phi) is 5.98. The molecule has 0 aliphatic carbocycles. The molecule has 1 fully saturated rings. The summed E-state index contributed by atoms with van der Waals surface area (Å²) in [6.07, 6.45) is 3.07. The predicted molar refractivity (Wildman–Crippen MR) is 121 cm³/mol. The monoisotopic (exact) mass is 414 g/mol. The van der Waals surface area contributed by atoms with Crippen molar-refractivity contribution in [3.05, 3.63) is 90.3 Å². The summed E-state index contributed by atoms with van der Waals surface area (Å²) in [6.45, 7) is 0.895. The van der Waals surface area contributed by atoms with Gasteiger partial charge in [-0.25, -0.2) is 0 Å². The molecule has 6 heteroatoms. The number of likely N-dealkylation sites (tertiary alicyclic amines) is 1. The fourth-order valence-electron chi connectivity index (χ4n) is 4.25. The summed E-state index contributed by atoms with van der Waals surface area (Å²) < 4.78 is 0. The Hall–Kier alpha value is -3.67. The van der Waals surface area contributed by atoms with Gasteiger partial charge in [-0.05, 0) is 49.2 Å². The van der Waals surface area contributed by atoms with Crippen molar-refractivity contribution in [2.45, 2.75) is 18.3 Å². The molecule has 6 nitrogen and oxygen atoms in total. The summed E-state index contributed by atoms with van der Waals surface area (Å²) in [5.41, 5.74) is 2.08. The van der Waals surface area contributed by atoms with E-state index in [0.29, 0.717) is 30.8 Å². The van der Waals surface area contributed by atoms with Gasteiger partial charge in [0.15, 0.2) is 0 Å². The van der Waals surface area contributed by atoms with Crippen LogP contribution in [0.3, 0.4) is 0 Å². The Labute approximate surface area is 182 Å². The Bertz CT molecular complexity index is 1060. The number of piperidine rings is 1. The zero-order valence-corrected chi connectivity index (χ0v) is 17.5. The summed E-state index contributed by atoms with van der Waals surface area (Å²) in [7, 11) is 1.63. The van der Waals surface area contributed by atoms with Crippen molar-refractivity contribution in [1.29, 1.82) is 0 Å². The van der Waals surface area contributed by atoms with Crippen LogP contribution in [-0.2, 0) is 10.2 Å². The maximum Gasteiger partial charge on any atom is 0.256 e. The number of para-hydroxylation sites is 2. The summed E-state index contributed by atoms with van der Waals surface area (Å²) in [4.78, 5) is 32.8. The number of hydrogen-bond donors (Lipinski definition) is 2. The van der Waals surface area contributed by atoms with Gasteiger partial charge in [0.05, 0.1) is 16.9 Å². The molecule has 1 aromatic heterocycles. The van der Waals surface area contributed by atoms with Gasteiger partial charge >= 0.3 is 0 Å². The van der Waals surface area contributed by atoms with Crippen molar-refractivity contribution in [3.63, 3.8) is 0 Å². The summed E-state index contributed by atoms with van der Waals surface area (Å²) in [5, 5.41) is 6.13. The number of hydrogen-bond acceptors (Lipinski definition) is 4. The van der Waals surface area contributed by atoms with Crippen LogP contribution in [-0.4, -0.2) is 41.8 Å². The maximum atomic E-state index is 13.6. The van der Waals surface area contributed by atoms with Crippen LogP contribution in [0.1, 0.15) is 28.9 Å². The van der Waals surface area contributed by atoms with E-state index in [0.717, 1.165) is 17.8 Å². The Morgan fingerprint density at radius 3 is 2.45 bits per heavy atom. The molecule has 2 aromatic carbocycles. The molecule has 0 unspecified atom stereocenters. The van der Waals surface area contributed by atoms with Crippen LogP contribution in [0.2, 0.25) is 0 Å². The number of amides is 2. The number of nitrogens with zero attached hydrogens (tertiary/aromatic N) is 2. The van der Waals surface area contributed by atoms with Crippen molar-refractivity contribution in [3.8, 4) is 0 Å². The lowest BCUT2D eigenvalue weighted by molar-refractivity contribution is -0.128. The van der Waals surface area contributed by atoms with Crippen LogP contribution in [0, 0.1) is 0 Å². The lowest BCUT2D eigenvalue weighted by Gasteiger charge is -2.41. The summed E-state index contributed by atoms with van der Waals surface area (Å²) >= 11 is 0. The van der Waals surface area contributed by atoms with E-state index >= 15 is 0 Å².